The molecular weight excluding hydrogens is 210 g/mol. The Morgan fingerprint density at radius 3 is 2.41 bits per heavy atom. The molecule has 0 N–H and O–H groups in total. The maximum Gasteiger partial charge on any atom is 0.138 e. The van der Waals surface area contributed by atoms with E-state index in [0.29, 0.717) is 11.8 Å². The number of fused-ring (bicyclic) bond motifs is 1. The number of rotatable bonds is 1. The van der Waals surface area contributed by atoms with Gasteiger partial charge in [-0.25, -0.2) is 0 Å². The van der Waals surface area contributed by atoms with Crippen LogP contribution in [0.5, 0.6) is 0 Å². The maximum absolute atomic E-state index is 11.5. The number of carbonyl (C=O) groups excluding carboxylic acids is 1. The SMILES string of the molecule is CC1CN(C2Cc3ccccc3C2)CCC1=O. The summed E-state index contributed by atoms with van der Waals surface area (Å²) in [5, 5.41) is 0. The summed E-state index contributed by atoms with van der Waals surface area (Å²) in [6.07, 6.45) is 3.07. The molecule has 1 heterocycles. The van der Waals surface area contributed by atoms with Crippen LogP contribution in [0.2, 0.25) is 0 Å². The van der Waals surface area contributed by atoms with E-state index in [1.54, 1.807) is 0 Å². The molecule has 1 aromatic rings. The molecule has 1 aliphatic carbocycles. The molecule has 2 nitrogen and oxygen atoms in total. The van der Waals surface area contributed by atoms with Crippen LogP contribution in [0.4, 0.5) is 0 Å². The minimum Gasteiger partial charge on any atom is -0.299 e. The van der Waals surface area contributed by atoms with Crippen molar-refractivity contribution in [1.29, 1.82) is 0 Å². The Bertz CT molecular complexity index is 415. The van der Waals surface area contributed by atoms with Crippen molar-refractivity contribution in [3.05, 3.63) is 35.4 Å². The van der Waals surface area contributed by atoms with Gasteiger partial charge in [0.15, 0.2) is 0 Å². The van der Waals surface area contributed by atoms with E-state index in [9.17, 15) is 4.79 Å². The molecule has 2 heteroatoms. The number of hydrogen-bond acceptors (Lipinski definition) is 2. The van der Waals surface area contributed by atoms with Gasteiger partial charge in [-0.15, -0.1) is 0 Å². The second kappa shape index (κ2) is 4.26. The van der Waals surface area contributed by atoms with Gasteiger partial charge in [-0.3, -0.25) is 9.69 Å². The lowest BCUT2D eigenvalue weighted by atomic mass is 9.96. The molecular formula is C15H19NO. The van der Waals surface area contributed by atoms with E-state index in [2.05, 4.69) is 36.1 Å². The van der Waals surface area contributed by atoms with Crippen LogP contribution in [-0.4, -0.2) is 29.8 Å². The first-order chi connectivity index (χ1) is 8.24. The van der Waals surface area contributed by atoms with E-state index in [1.807, 2.05) is 0 Å². The molecule has 1 aliphatic heterocycles. The van der Waals surface area contributed by atoms with Gasteiger partial charge in [-0.2, -0.15) is 0 Å². The fraction of sp³-hybridized carbons (Fsp3) is 0.533. The normalized spacial score (nSPS) is 26.2. The van der Waals surface area contributed by atoms with Gasteiger partial charge in [0.2, 0.25) is 0 Å². The zero-order chi connectivity index (χ0) is 11.8. The largest absolute Gasteiger partial charge is 0.299 e. The summed E-state index contributed by atoms with van der Waals surface area (Å²) < 4.78 is 0. The van der Waals surface area contributed by atoms with Crippen LogP contribution >= 0.6 is 0 Å². The van der Waals surface area contributed by atoms with Crippen molar-refractivity contribution in [1.82, 2.24) is 4.90 Å². The first-order valence-corrected chi connectivity index (χ1v) is 6.57. The Hall–Kier alpha value is -1.15. The first-order valence-electron chi connectivity index (χ1n) is 6.57. The summed E-state index contributed by atoms with van der Waals surface area (Å²) in [7, 11) is 0. The lowest BCUT2D eigenvalue weighted by Crippen LogP contribution is -2.45. The smallest absolute Gasteiger partial charge is 0.138 e. The number of likely N-dealkylation sites (tertiary alicyclic amines) is 1. The van der Waals surface area contributed by atoms with Crippen molar-refractivity contribution >= 4 is 5.78 Å². The Kier molecular flexibility index (Phi) is 2.75. The van der Waals surface area contributed by atoms with Crippen molar-refractivity contribution in [2.75, 3.05) is 13.1 Å². The highest BCUT2D eigenvalue weighted by Crippen LogP contribution is 2.27. The molecule has 0 radical (unpaired) electrons. The third kappa shape index (κ3) is 2.02. The summed E-state index contributed by atoms with van der Waals surface area (Å²) in [5.74, 6) is 0.671. The fourth-order valence-corrected chi connectivity index (χ4v) is 3.17. The van der Waals surface area contributed by atoms with Crippen LogP contribution in [0.3, 0.4) is 0 Å². The van der Waals surface area contributed by atoms with Crippen molar-refractivity contribution in [3.63, 3.8) is 0 Å². The number of Topliss-reactive ketones (excluding diaryl/α,β-unsaturated/α-hetero) is 1. The predicted molar refractivity (Wildman–Crippen MR) is 68.0 cm³/mol. The maximum atomic E-state index is 11.5. The molecule has 3 rings (SSSR count). The van der Waals surface area contributed by atoms with Gasteiger partial charge < -0.3 is 0 Å². The number of ketones is 1. The highest BCUT2D eigenvalue weighted by molar-refractivity contribution is 5.81. The molecule has 0 spiro atoms. The van der Waals surface area contributed by atoms with Crippen LogP contribution in [0, 0.1) is 5.92 Å². The van der Waals surface area contributed by atoms with Gasteiger partial charge >= 0.3 is 0 Å². The zero-order valence-corrected chi connectivity index (χ0v) is 10.4. The average Bonchev–Trinajstić information content (AvgIpc) is 2.76. The Morgan fingerprint density at radius 1 is 1.18 bits per heavy atom. The minimum absolute atomic E-state index is 0.229. The summed E-state index contributed by atoms with van der Waals surface area (Å²) in [6, 6.07) is 9.37. The third-order valence-corrected chi connectivity index (χ3v) is 4.25. The first kappa shape index (κ1) is 11.0. The average molecular weight is 229 g/mol. The van der Waals surface area contributed by atoms with Crippen molar-refractivity contribution in [2.45, 2.75) is 32.2 Å². The standard InChI is InChI=1S/C15H19NO/c1-11-10-16(7-6-15(11)17)14-8-12-4-2-3-5-13(12)9-14/h2-5,11,14H,6-10H2,1H3. The van der Waals surface area contributed by atoms with Gasteiger partial charge in [-0.1, -0.05) is 31.2 Å². The lowest BCUT2D eigenvalue weighted by molar-refractivity contribution is -0.126. The molecule has 1 aromatic carbocycles. The second-order valence-electron chi connectivity index (χ2n) is 5.44. The highest BCUT2D eigenvalue weighted by atomic mass is 16.1. The quantitative estimate of drug-likeness (QED) is 0.734. The number of carbonyl (C=O) groups is 1. The van der Waals surface area contributed by atoms with Crippen molar-refractivity contribution in [2.24, 2.45) is 5.92 Å². The molecule has 1 fully saturated rings. The number of hydrogen-bond donors (Lipinski definition) is 0. The van der Waals surface area contributed by atoms with Crippen LogP contribution in [0.1, 0.15) is 24.5 Å². The van der Waals surface area contributed by atoms with Crippen molar-refractivity contribution < 1.29 is 4.79 Å². The van der Waals surface area contributed by atoms with Gasteiger partial charge in [0.05, 0.1) is 0 Å². The van der Waals surface area contributed by atoms with E-state index < -0.39 is 0 Å². The Morgan fingerprint density at radius 2 is 1.82 bits per heavy atom. The van der Waals surface area contributed by atoms with E-state index in [-0.39, 0.29) is 5.92 Å². The summed E-state index contributed by atoms with van der Waals surface area (Å²) in [4.78, 5) is 14.1. The van der Waals surface area contributed by atoms with Gasteiger partial charge in [0.25, 0.3) is 0 Å². The molecule has 1 saturated heterocycles. The van der Waals surface area contributed by atoms with Crippen LogP contribution in [-0.2, 0) is 17.6 Å². The molecule has 2 aliphatic rings. The Balaban J connectivity index is 1.71. The monoisotopic (exact) mass is 229 g/mol. The number of piperidine rings is 1. The molecule has 0 amide bonds. The number of nitrogens with zero attached hydrogens (tertiary/aromatic N) is 1. The Labute approximate surface area is 103 Å². The van der Waals surface area contributed by atoms with Gasteiger partial charge in [0.1, 0.15) is 5.78 Å². The van der Waals surface area contributed by atoms with Crippen LogP contribution in [0.15, 0.2) is 24.3 Å². The highest BCUT2D eigenvalue weighted by Gasteiger charge is 2.31. The molecule has 0 aromatic heterocycles. The van der Waals surface area contributed by atoms with E-state index in [4.69, 9.17) is 0 Å². The molecule has 0 saturated carbocycles. The van der Waals surface area contributed by atoms with Crippen LogP contribution < -0.4 is 0 Å². The zero-order valence-electron chi connectivity index (χ0n) is 10.4. The second-order valence-corrected chi connectivity index (χ2v) is 5.44. The number of benzene rings is 1. The molecule has 0 bridgehead atoms. The van der Waals surface area contributed by atoms with E-state index in [1.165, 1.54) is 11.1 Å². The van der Waals surface area contributed by atoms with Crippen LogP contribution in [0.25, 0.3) is 0 Å². The van der Waals surface area contributed by atoms with E-state index >= 15 is 0 Å². The molecule has 1 unspecified atom stereocenters. The molecule has 1 atom stereocenters. The van der Waals surface area contributed by atoms with Gasteiger partial charge in [0, 0.05) is 31.5 Å². The summed E-state index contributed by atoms with van der Waals surface area (Å²) >= 11 is 0. The molecule has 90 valence electrons. The summed E-state index contributed by atoms with van der Waals surface area (Å²) in [5.41, 5.74) is 3.00. The topological polar surface area (TPSA) is 20.3 Å². The minimum atomic E-state index is 0.229. The van der Waals surface area contributed by atoms with Crippen molar-refractivity contribution in [3.8, 4) is 0 Å². The lowest BCUT2D eigenvalue weighted by Gasteiger charge is -2.34. The fourth-order valence-electron chi connectivity index (χ4n) is 3.17. The predicted octanol–water partition coefficient (Wildman–Crippen LogP) is 2.06. The van der Waals surface area contributed by atoms with Gasteiger partial charge in [-0.05, 0) is 24.0 Å². The summed E-state index contributed by atoms with van der Waals surface area (Å²) in [6.45, 7) is 3.98. The third-order valence-electron chi connectivity index (χ3n) is 4.25. The van der Waals surface area contributed by atoms with E-state index in [0.717, 1.165) is 32.4 Å². The molecule has 17 heavy (non-hydrogen) atoms.